The molecule has 0 aromatic heterocycles. The number of methoxy groups -OCH3 is 1. The molecule has 2 N–H and O–H groups in total. The average Bonchev–Trinajstić information content (AvgIpc) is 2.77. The summed E-state index contributed by atoms with van der Waals surface area (Å²) in [6.45, 7) is 3.53. The van der Waals surface area contributed by atoms with E-state index >= 15 is 0 Å². The molecule has 0 spiro atoms. The monoisotopic (exact) mass is 438 g/mol. The molecule has 0 saturated carbocycles. The van der Waals surface area contributed by atoms with Gasteiger partial charge in [0.05, 0.1) is 25.2 Å². The molecule has 3 rings (SSSR count). The topological polar surface area (TPSA) is 104 Å². The number of rotatable bonds is 7. The van der Waals surface area contributed by atoms with E-state index in [1.54, 1.807) is 44.2 Å². The number of carbonyl (C=O) groups excluding carboxylic acids is 1. The van der Waals surface area contributed by atoms with E-state index in [4.69, 9.17) is 24.7 Å². The third kappa shape index (κ3) is 4.67. The zero-order valence-corrected chi connectivity index (χ0v) is 18.0. The maximum Gasteiger partial charge on any atom is 0.338 e. The van der Waals surface area contributed by atoms with Crippen LogP contribution in [-0.2, 0) is 20.9 Å². The zero-order valence-electron chi connectivity index (χ0n) is 18.0. The fraction of sp³-hybridized carbons (Fsp3) is 0.250. The Morgan fingerprint density at radius 2 is 2.03 bits per heavy atom. The molecular formula is C24H23FN2O5. The Hall–Kier alpha value is -3.99. The fourth-order valence-corrected chi connectivity index (χ4v) is 3.46. The summed E-state index contributed by atoms with van der Waals surface area (Å²) in [7, 11) is 1.49. The number of nitrogens with zero attached hydrogens (tertiary/aromatic N) is 1. The first-order valence-electron chi connectivity index (χ1n) is 9.90. The van der Waals surface area contributed by atoms with E-state index in [1.165, 1.54) is 19.2 Å². The van der Waals surface area contributed by atoms with E-state index in [0.29, 0.717) is 22.6 Å². The highest BCUT2D eigenvalue weighted by Crippen LogP contribution is 2.42. The fourth-order valence-electron chi connectivity index (χ4n) is 3.46. The van der Waals surface area contributed by atoms with Gasteiger partial charge in [-0.2, -0.15) is 5.26 Å². The van der Waals surface area contributed by atoms with Gasteiger partial charge in [0.25, 0.3) is 0 Å². The summed E-state index contributed by atoms with van der Waals surface area (Å²) in [4.78, 5) is 12.7. The van der Waals surface area contributed by atoms with E-state index in [1.807, 2.05) is 6.07 Å². The maximum atomic E-state index is 13.5. The molecule has 2 aromatic rings. The lowest BCUT2D eigenvalue weighted by Gasteiger charge is -2.27. The number of hydrogen-bond acceptors (Lipinski definition) is 7. The van der Waals surface area contributed by atoms with Crippen LogP contribution in [0.1, 0.15) is 30.9 Å². The largest absolute Gasteiger partial charge is 0.493 e. The number of allylic oxidation sites excluding steroid dienone is 2. The van der Waals surface area contributed by atoms with Crippen molar-refractivity contribution in [2.24, 2.45) is 5.73 Å². The molecule has 2 aromatic carbocycles. The van der Waals surface area contributed by atoms with Gasteiger partial charge in [0.2, 0.25) is 5.88 Å². The van der Waals surface area contributed by atoms with Crippen LogP contribution in [0.2, 0.25) is 0 Å². The molecule has 1 aliphatic heterocycles. The average molecular weight is 438 g/mol. The number of halogens is 1. The predicted molar refractivity (Wildman–Crippen MR) is 114 cm³/mol. The molecule has 32 heavy (non-hydrogen) atoms. The van der Waals surface area contributed by atoms with E-state index in [2.05, 4.69) is 0 Å². The van der Waals surface area contributed by atoms with Gasteiger partial charge in [0.15, 0.2) is 11.5 Å². The molecule has 0 bridgehead atoms. The molecule has 7 nitrogen and oxygen atoms in total. The minimum Gasteiger partial charge on any atom is -0.493 e. The summed E-state index contributed by atoms with van der Waals surface area (Å²) < 4.78 is 35.4. The summed E-state index contributed by atoms with van der Waals surface area (Å²) >= 11 is 0. The number of carbonyl (C=O) groups is 1. The van der Waals surface area contributed by atoms with Crippen LogP contribution in [0.3, 0.4) is 0 Å². The van der Waals surface area contributed by atoms with E-state index in [0.717, 1.165) is 0 Å². The Kier molecular flexibility index (Phi) is 7.00. The van der Waals surface area contributed by atoms with Crippen LogP contribution in [0, 0.1) is 17.1 Å². The van der Waals surface area contributed by atoms with Crippen molar-refractivity contribution >= 4 is 5.97 Å². The van der Waals surface area contributed by atoms with Gasteiger partial charge in [-0.1, -0.05) is 18.2 Å². The molecule has 1 aliphatic rings. The van der Waals surface area contributed by atoms with Crippen molar-refractivity contribution in [3.05, 3.63) is 82.2 Å². The first-order valence-corrected chi connectivity index (χ1v) is 9.90. The van der Waals surface area contributed by atoms with Crippen molar-refractivity contribution in [3.63, 3.8) is 0 Å². The highest BCUT2D eigenvalue weighted by molar-refractivity contribution is 5.92. The summed E-state index contributed by atoms with van der Waals surface area (Å²) in [5, 5.41) is 9.72. The standard InChI is InChI=1S/C24H23FN2O5/c1-4-30-24(28)21-14(2)32-23(27)18(12-26)22(21)16-8-9-19(29-3)20(11-16)31-13-15-6-5-7-17(25)10-15/h5-11,22H,4,13,27H2,1-3H3. The lowest BCUT2D eigenvalue weighted by molar-refractivity contribution is -0.139. The molecule has 1 atom stereocenters. The number of ether oxygens (including phenoxy) is 4. The van der Waals surface area contributed by atoms with Crippen LogP contribution >= 0.6 is 0 Å². The molecule has 0 fully saturated rings. The van der Waals surface area contributed by atoms with Gasteiger partial charge in [-0.25, -0.2) is 9.18 Å². The van der Waals surface area contributed by atoms with Gasteiger partial charge in [0.1, 0.15) is 29.8 Å². The quantitative estimate of drug-likeness (QED) is 0.650. The highest BCUT2D eigenvalue weighted by atomic mass is 19.1. The van der Waals surface area contributed by atoms with Crippen molar-refractivity contribution in [2.75, 3.05) is 13.7 Å². The van der Waals surface area contributed by atoms with Crippen molar-refractivity contribution in [3.8, 4) is 17.6 Å². The number of nitrogens with two attached hydrogens (primary N) is 1. The van der Waals surface area contributed by atoms with Crippen LogP contribution in [0.15, 0.2) is 65.3 Å². The van der Waals surface area contributed by atoms with Crippen LogP contribution in [0.4, 0.5) is 4.39 Å². The van der Waals surface area contributed by atoms with E-state index < -0.39 is 11.9 Å². The van der Waals surface area contributed by atoms with Crippen molar-refractivity contribution < 1.29 is 28.1 Å². The van der Waals surface area contributed by atoms with Crippen LogP contribution in [0.25, 0.3) is 0 Å². The maximum absolute atomic E-state index is 13.5. The number of hydrogen-bond donors (Lipinski definition) is 1. The first-order chi connectivity index (χ1) is 15.4. The van der Waals surface area contributed by atoms with Crippen LogP contribution in [-0.4, -0.2) is 19.7 Å². The SMILES string of the molecule is CCOC(=O)C1=C(C)OC(N)=C(C#N)C1c1ccc(OC)c(OCc2cccc(F)c2)c1. The molecule has 0 saturated heterocycles. The molecule has 166 valence electrons. The van der Waals surface area contributed by atoms with Crippen molar-refractivity contribution in [1.82, 2.24) is 0 Å². The molecule has 8 heteroatoms. The van der Waals surface area contributed by atoms with E-state index in [-0.39, 0.29) is 41.8 Å². The molecule has 0 radical (unpaired) electrons. The summed E-state index contributed by atoms with van der Waals surface area (Å²) in [6.07, 6.45) is 0. The van der Waals surface area contributed by atoms with Crippen LogP contribution in [0.5, 0.6) is 11.5 Å². The van der Waals surface area contributed by atoms with Crippen molar-refractivity contribution in [1.29, 1.82) is 5.26 Å². The minimum absolute atomic E-state index is 0.0823. The molecule has 0 aliphatic carbocycles. The summed E-state index contributed by atoms with van der Waals surface area (Å²) in [6, 6.07) is 13.1. The minimum atomic E-state index is -0.810. The summed E-state index contributed by atoms with van der Waals surface area (Å²) in [5.74, 6) is -0.816. The van der Waals surface area contributed by atoms with Gasteiger partial charge in [-0.15, -0.1) is 0 Å². The Bertz CT molecular complexity index is 1130. The number of benzene rings is 2. The lowest BCUT2D eigenvalue weighted by atomic mass is 9.83. The van der Waals surface area contributed by atoms with Gasteiger partial charge < -0.3 is 24.7 Å². The summed E-state index contributed by atoms with van der Waals surface area (Å²) in [5.41, 5.74) is 7.40. The van der Waals surface area contributed by atoms with Gasteiger partial charge in [0, 0.05) is 0 Å². The Morgan fingerprint density at radius 3 is 2.69 bits per heavy atom. The smallest absolute Gasteiger partial charge is 0.338 e. The normalized spacial score (nSPS) is 15.7. The zero-order chi connectivity index (χ0) is 23.3. The highest BCUT2D eigenvalue weighted by Gasteiger charge is 2.36. The Labute approximate surface area is 185 Å². The molecule has 0 amide bonds. The lowest BCUT2D eigenvalue weighted by Crippen LogP contribution is -2.25. The first kappa shape index (κ1) is 22.7. The molecular weight excluding hydrogens is 415 g/mol. The Balaban J connectivity index is 2.03. The van der Waals surface area contributed by atoms with Gasteiger partial charge >= 0.3 is 5.97 Å². The third-order valence-electron chi connectivity index (χ3n) is 4.91. The molecule has 1 unspecified atom stereocenters. The van der Waals surface area contributed by atoms with Crippen molar-refractivity contribution in [2.45, 2.75) is 26.4 Å². The Morgan fingerprint density at radius 1 is 1.25 bits per heavy atom. The number of nitriles is 1. The van der Waals surface area contributed by atoms with Gasteiger partial charge in [-0.3, -0.25) is 0 Å². The van der Waals surface area contributed by atoms with Gasteiger partial charge in [-0.05, 0) is 49.2 Å². The van der Waals surface area contributed by atoms with Crippen LogP contribution < -0.4 is 15.2 Å². The predicted octanol–water partition coefficient (Wildman–Crippen LogP) is 4.06. The van der Waals surface area contributed by atoms with E-state index in [9.17, 15) is 14.4 Å². The molecule has 1 heterocycles. The second kappa shape index (κ2) is 9.88. The third-order valence-corrected chi connectivity index (χ3v) is 4.91. The second-order valence-corrected chi connectivity index (χ2v) is 6.94. The second-order valence-electron chi connectivity index (χ2n) is 6.94. The number of esters is 1.